The van der Waals surface area contributed by atoms with Gasteiger partial charge in [0.1, 0.15) is 0 Å². The Balaban J connectivity index is 2.09. The van der Waals surface area contributed by atoms with E-state index in [1.54, 1.807) is 34.8 Å². The summed E-state index contributed by atoms with van der Waals surface area (Å²) in [5, 5.41) is 3.94. The molecule has 3 rings (SSSR count). The van der Waals surface area contributed by atoms with Crippen LogP contribution < -0.4 is 5.32 Å². The fourth-order valence-corrected chi connectivity index (χ4v) is 4.29. The van der Waals surface area contributed by atoms with E-state index in [1.165, 1.54) is 0 Å². The molecule has 1 aromatic heterocycles. The Morgan fingerprint density at radius 3 is 2.95 bits per heavy atom. The molecular formula is C14H17N3O2S. The lowest BCUT2D eigenvalue weighted by atomic mass is 10.2. The quantitative estimate of drug-likeness (QED) is 0.903. The Kier molecular flexibility index (Phi) is 3.45. The number of sulfonamides is 1. The molecule has 1 atom stereocenters. The highest BCUT2D eigenvalue weighted by Crippen LogP contribution is 2.25. The van der Waals surface area contributed by atoms with Gasteiger partial charge in [-0.15, -0.1) is 0 Å². The molecule has 20 heavy (non-hydrogen) atoms. The Labute approximate surface area is 118 Å². The second-order valence-corrected chi connectivity index (χ2v) is 6.95. The van der Waals surface area contributed by atoms with Crippen LogP contribution in [0, 0.1) is 0 Å². The number of piperazine rings is 1. The summed E-state index contributed by atoms with van der Waals surface area (Å²) in [6.07, 6.45) is 1.67. The number of pyridine rings is 1. The van der Waals surface area contributed by atoms with Crippen LogP contribution in [0.15, 0.2) is 41.4 Å². The molecule has 0 amide bonds. The SMILES string of the molecule is C[C@@H]1CN(S(=O)(=O)c2cccc3ncccc23)CCN1. The molecule has 0 radical (unpaired) electrons. The molecule has 1 fully saturated rings. The van der Waals surface area contributed by atoms with Crippen molar-refractivity contribution in [2.24, 2.45) is 0 Å². The first-order valence-electron chi connectivity index (χ1n) is 6.66. The maximum atomic E-state index is 12.8. The number of benzene rings is 1. The van der Waals surface area contributed by atoms with Crippen molar-refractivity contribution in [2.45, 2.75) is 17.9 Å². The maximum Gasteiger partial charge on any atom is 0.243 e. The van der Waals surface area contributed by atoms with Gasteiger partial charge in [0.25, 0.3) is 0 Å². The van der Waals surface area contributed by atoms with Crippen molar-refractivity contribution >= 4 is 20.9 Å². The summed E-state index contributed by atoms with van der Waals surface area (Å²) in [4.78, 5) is 4.56. The summed E-state index contributed by atoms with van der Waals surface area (Å²) in [5.41, 5.74) is 0.705. The number of hydrogen-bond acceptors (Lipinski definition) is 4. The van der Waals surface area contributed by atoms with E-state index in [4.69, 9.17) is 0 Å². The first-order chi connectivity index (χ1) is 9.59. The van der Waals surface area contributed by atoms with Gasteiger partial charge < -0.3 is 5.32 Å². The molecular weight excluding hydrogens is 274 g/mol. The molecule has 1 N–H and O–H groups in total. The van der Waals surface area contributed by atoms with Crippen LogP contribution in [0.4, 0.5) is 0 Å². The normalized spacial score (nSPS) is 21.1. The maximum absolute atomic E-state index is 12.8. The first kappa shape index (κ1) is 13.5. The van der Waals surface area contributed by atoms with E-state index in [0.29, 0.717) is 35.4 Å². The molecule has 5 nitrogen and oxygen atoms in total. The number of aromatic nitrogens is 1. The summed E-state index contributed by atoms with van der Waals surface area (Å²) >= 11 is 0. The lowest BCUT2D eigenvalue weighted by Crippen LogP contribution is -2.51. The van der Waals surface area contributed by atoms with Gasteiger partial charge in [0.15, 0.2) is 0 Å². The van der Waals surface area contributed by atoms with Crippen LogP contribution in [0.5, 0.6) is 0 Å². The summed E-state index contributed by atoms with van der Waals surface area (Å²) in [6, 6.07) is 8.98. The minimum absolute atomic E-state index is 0.173. The lowest BCUT2D eigenvalue weighted by molar-refractivity contribution is 0.310. The Hall–Kier alpha value is -1.50. The molecule has 1 aliphatic rings. The molecule has 6 heteroatoms. The predicted molar refractivity (Wildman–Crippen MR) is 78.0 cm³/mol. The second-order valence-electron chi connectivity index (χ2n) is 5.04. The van der Waals surface area contributed by atoms with Crippen molar-refractivity contribution < 1.29 is 8.42 Å². The summed E-state index contributed by atoms with van der Waals surface area (Å²) < 4.78 is 27.2. The van der Waals surface area contributed by atoms with Crippen LogP contribution in [0.1, 0.15) is 6.92 Å². The second kappa shape index (κ2) is 5.12. The number of nitrogens with zero attached hydrogens (tertiary/aromatic N) is 2. The smallest absolute Gasteiger partial charge is 0.243 e. The minimum atomic E-state index is -3.47. The highest BCUT2D eigenvalue weighted by Gasteiger charge is 2.29. The highest BCUT2D eigenvalue weighted by atomic mass is 32.2. The summed E-state index contributed by atoms with van der Waals surface area (Å²) in [5.74, 6) is 0. The van der Waals surface area contributed by atoms with E-state index in [2.05, 4.69) is 10.3 Å². The topological polar surface area (TPSA) is 62.3 Å². The van der Waals surface area contributed by atoms with Gasteiger partial charge in [-0.3, -0.25) is 4.98 Å². The Morgan fingerprint density at radius 1 is 1.30 bits per heavy atom. The molecule has 0 saturated carbocycles. The number of rotatable bonds is 2. The van der Waals surface area contributed by atoms with E-state index in [0.717, 1.165) is 0 Å². The molecule has 0 spiro atoms. The number of nitrogens with one attached hydrogen (secondary N) is 1. The van der Waals surface area contributed by atoms with E-state index in [1.807, 2.05) is 13.0 Å². The predicted octanol–water partition coefficient (Wildman–Crippen LogP) is 1.22. The van der Waals surface area contributed by atoms with Gasteiger partial charge in [0, 0.05) is 37.3 Å². The van der Waals surface area contributed by atoms with Crippen LogP contribution in [-0.2, 0) is 10.0 Å². The molecule has 0 bridgehead atoms. The molecule has 1 saturated heterocycles. The van der Waals surface area contributed by atoms with Gasteiger partial charge >= 0.3 is 0 Å². The fourth-order valence-electron chi connectivity index (χ4n) is 2.55. The number of fused-ring (bicyclic) bond motifs is 1. The highest BCUT2D eigenvalue weighted by molar-refractivity contribution is 7.89. The van der Waals surface area contributed by atoms with Crippen molar-refractivity contribution in [3.05, 3.63) is 36.5 Å². The zero-order valence-electron chi connectivity index (χ0n) is 11.3. The largest absolute Gasteiger partial charge is 0.312 e. The number of hydrogen-bond donors (Lipinski definition) is 1. The van der Waals surface area contributed by atoms with Gasteiger partial charge in [-0.2, -0.15) is 4.31 Å². The molecule has 1 aromatic carbocycles. The van der Waals surface area contributed by atoms with Gasteiger partial charge in [0.05, 0.1) is 10.4 Å². The summed E-state index contributed by atoms with van der Waals surface area (Å²) in [6.45, 7) is 3.68. The van der Waals surface area contributed by atoms with E-state index in [9.17, 15) is 8.42 Å². The third-order valence-corrected chi connectivity index (χ3v) is 5.48. The van der Waals surface area contributed by atoms with E-state index < -0.39 is 10.0 Å². The molecule has 2 heterocycles. The van der Waals surface area contributed by atoms with Crippen LogP contribution in [0.2, 0.25) is 0 Å². The van der Waals surface area contributed by atoms with Crippen molar-refractivity contribution in [1.29, 1.82) is 0 Å². The van der Waals surface area contributed by atoms with E-state index >= 15 is 0 Å². The van der Waals surface area contributed by atoms with Gasteiger partial charge in [-0.1, -0.05) is 6.07 Å². The lowest BCUT2D eigenvalue weighted by Gasteiger charge is -2.31. The average Bonchev–Trinajstić information content (AvgIpc) is 2.46. The van der Waals surface area contributed by atoms with Crippen LogP contribution in [-0.4, -0.2) is 43.4 Å². The molecule has 106 valence electrons. The minimum Gasteiger partial charge on any atom is -0.312 e. The monoisotopic (exact) mass is 291 g/mol. The van der Waals surface area contributed by atoms with E-state index in [-0.39, 0.29) is 6.04 Å². The zero-order chi connectivity index (χ0) is 14.2. The summed E-state index contributed by atoms with van der Waals surface area (Å²) in [7, 11) is -3.47. The first-order valence-corrected chi connectivity index (χ1v) is 8.10. The van der Waals surface area contributed by atoms with Crippen molar-refractivity contribution in [2.75, 3.05) is 19.6 Å². The molecule has 2 aromatic rings. The third kappa shape index (κ3) is 2.30. The zero-order valence-corrected chi connectivity index (χ0v) is 12.1. The third-order valence-electron chi connectivity index (χ3n) is 3.56. The fraction of sp³-hybridized carbons (Fsp3) is 0.357. The van der Waals surface area contributed by atoms with Crippen molar-refractivity contribution in [3.63, 3.8) is 0 Å². The molecule has 1 aliphatic heterocycles. The van der Waals surface area contributed by atoms with Crippen LogP contribution >= 0.6 is 0 Å². The molecule has 0 aliphatic carbocycles. The standard InChI is InChI=1S/C14H17N3O2S/c1-11-10-17(9-8-15-11)20(18,19)14-6-2-5-13-12(14)4-3-7-16-13/h2-7,11,15H,8-10H2,1H3/t11-/m1/s1. The van der Waals surface area contributed by atoms with Crippen LogP contribution in [0.3, 0.4) is 0 Å². The van der Waals surface area contributed by atoms with Crippen LogP contribution in [0.25, 0.3) is 10.9 Å². The Morgan fingerprint density at radius 2 is 2.15 bits per heavy atom. The Bertz CT molecular complexity index is 725. The average molecular weight is 291 g/mol. The van der Waals surface area contributed by atoms with Crippen molar-refractivity contribution in [3.8, 4) is 0 Å². The van der Waals surface area contributed by atoms with Gasteiger partial charge in [-0.25, -0.2) is 8.42 Å². The van der Waals surface area contributed by atoms with Gasteiger partial charge in [-0.05, 0) is 31.2 Å². The molecule has 0 unspecified atom stereocenters. The van der Waals surface area contributed by atoms with Gasteiger partial charge in [0.2, 0.25) is 10.0 Å². The van der Waals surface area contributed by atoms with Crippen molar-refractivity contribution in [1.82, 2.24) is 14.6 Å².